The summed E-state index contributed by atoms with van der Waals surface area (Å²) in [6.07, 6.45) is 0.928. The highest BCUT2D eigenvalue weighted by atomic mass is 35.5. The number of aliphatic hydroxyl groups is 1. The molecule has 0 unspecified atom stereocenters. The fourth-order valence-corrected chi connectivity index (χ4v) is 4.43. The van der Waals surface area contributed by atoms with Gasteiger partial charge in [-0.1, -0.05) is 35.3 Å². The lowest BCUT2D eigenvalue weighted by Crippen LogP contribution is -2.49. The molecule has 3 N–H and O–H groups in total. The predicted molar refractivity (Wildman–Crippen MR) is 96.9 cm³/mol. The lowest BCUT2D eigenvalue weighted by atomic mass is 9.76. The third-order valence-corrected chi connectivity index (χ3v) is 5.69. The highest BCUT2D eigenvalue weighted by Crippen LogP contribution is 2.52. The molecule has 0 saturated carbocycles. The molecule has 0 bridgehead atoms. The van der Waals surface area contributed by atoms with Crippen LogP contribution in [0.2, 0.25) is 10.2 Å². The molecular formula is C18H16Cl2FN3O2. The van der Waals surface area contributed by atoms with Crippen molar-refractivity contribution >= 4 is 34.9 Å². The largest absolute Gasteiger partial charge is 0.396 e. The predicted octanol–water partition coefficient (Wildman–Crippen LogP) is 3.20. The van der Waals surface area contributed by atoms with E-state index in [0.29, 0.717) is 29.8 Å². The number of fused-ring (bicyclic) bond motifs is 2. The number of hydrogen-bond donors (Lipinski definition) is 3. The van der Waals surface area contributed by atoms with Crippen molar-refractivity contribution in [2.45, 2.75) is 30.3 Å². The number of benzene rings is 1. The summed E-state index contributed by atoms with van der Waals surface area (Å²) >= 11 is 11.9. The van der Waals surface area contributed by atoms with Crippen LogP contribution in [0.4, 0.5) is 10.2 Å². The van der Waals surface area contributed by atoms with Gasteiger partial charge in [0.2, 0.25) is 0 Å². The Morgan fingerprint density at radius 1 is 1.31 bits per heavy atom. The van der Waals surface area contributed by atoms with Gasteiger partial charge >= 0.3 is 0 Å². The Labute approximate surface area is 159 Å². The lowest BCUT2D eigenvalue weighted by molar-refractivity contribution is -0.122. The minimum absolute atomic E-state index is 0.0103. The van der Waals surface area contributed by atoms with Gasteiger partial charge in [-0.3, -0.25) is 10.1 Å². The van der Waals surface area contributed by atoms with Crippen LogP contribution in [-0.4, -0.2) is 28.6 Å². The number of hydrogen-bond acceptors (Lipinski definition) is 4. The lowest BCUT2D eigenvalue weighted by Gasteiger charge is -2.30. The smallest absolute Gasteiger partial charge is 0.251 e. The molecule has 136 valence electrons. The molecule has 1 fully saturated rings. The summed E-state index contributed by atoms with van der Waals surface area (Å²) in [5, 5.41) is 15.7. The van der Waals surface area contributed by atoms with E-state index >= 15 is 0 Å². The number of halogens is 3. The minimum atomic E-state index is -1.18. The molecular weight excluding hydrogens is 380 g/mol. The van der Waals surface area contributed by atoms with Crippen LogP contribution in [-0.2, 0) is 10.3 Å². The average Bonchev–Trinajstić information content (AvgIpc) is 3.10. The first-order valence-corrected chi connectivity index (χ1v) is 9.04. The van der Waals surface area contributed by atoms with Crippen LogP contribution in [0.3, 0.4) is 0 Å². The molecule has 1 spiro atoms. The quantitative estimate of drug-likeness (QED) is 0.697. The van der Waals surface area contributed by atoms with Crippen LogP contribution in [0.25, 0.3) is 0 Å². The zero-order valence-electron chi connectivity index (χ0n) is 13.6. The molecule has 2 aliphatic heterocycles. The van der Waals surface area contributed by atoms with Gasteiger partial charge in [-0.25, -0.2) is 9.37 Å². The van der Waals surface area contributed by atoms with E-state index in [1.165, 1.54) is 6.07 Å². The van der Waals surface area contributed by atoms with Crippen LogP contribution in [0, 0.1) is 5.82 Å². The summed E-state index contributed by atoms with van der Waals surface area (Å²) in [5.41, 5.74) is -0.196. The monoisotopic (exact) mass is 395 g/mol. The molecule has 1 aromatic carbocycles. The van der Waals surface area contributed by atoms with Crippen LogP contribution in [0.5, 0.6) is 0 Å². The number of nitrogens with zero attached hydrogens (tertiary/aromatic N) is 1. The Hall–Kier alpha value is -1.73. The average molecular weight is 396 g/mol. The van der Waals surface area contributed by atoms with E-state index in [2.05, 4.69) is 15.6 Å². The molecule has 2 aromatic rings. The van der Waals surface area contributed by atoms with Gasteiger partial charge in [0, 0.05) is 24.1 Å². The van der Waals surface area contributed by atoms with Crippen LogP contribution < -0.4 is 10.6 Å². The standard InChI is InChI=1S/C18H16Cl2FN3O2/c19-13-3-1-2-10(15(13)21)12-8-9(6-7-25)24-18(12)11-4-5-14(20)22-16(11)23-17(18)26/h1-5,9,12,24-25H,6-8H2,(H,22,23,26)/t9-,12+,18+/m0/s1. The van der Waals surface area contributed by atoms with Gasteiger partial charge in [-0.15, -0.1) is 0 Å². The number of rotatable bonds is 3. The molecule has 1 saturated heterocycles. The Balaban J connectivity index is 1.90. The summed E-state index contributed by atoms with van der Waals surface area (Å²) in [4.78, 5) is 17.2. The Morgan fingerprint density at radius 2 is 2.12 bits per heavy atom. The first kappa shape index (κ1) is 17.7. The molecule has 3 atom stereocenters. The van der Waals surface area contributed by atoms with Gasteiger partial charge in [-0.05, 0) is 36.6 Å². The third-order valence-electron chi connectivity index (χ3n) is 5.19. The van der Waals surface area contributed by atoms with Crippen molar-refractivity contribution < 1.29 is 14.3 Å². The first-order chi connectivity index (χ1) is 12.5. The van der Waals surface area contributed by atoms with Crippen LogP contribution in [0.1, 0.15) is 29.9 Å². The summed E-state index contributed by atoms with van der Waals surface area (Å²) in [6, 6.07) is 7.97. The molecule has 8 heteroatoms. The SMILES string of the molecule is O=C1Nc2nc(Cl)ccc2[C@]12N[C@@H](CCO)C[C@@H]2c1cccc(Cl)c1F. The van der Waals surface area contributed by atoms with E-state index in [9.17, 15) is 14.3 Å². The van der Waals surface area contributed by atoms with Gasteiger partial charge in [-0.2, -0.15) is 0 Å². The third kappa shape index (κ3) is 2.52. The van der Waals surface area contributed by atoms with Gasteiger partial charge in [0.15, 0.2) is 0 Å². The van der Waals surface area contributed by atoms with E-state index < -0.39 is 17.3 Å². The second-order valence-electron chi connectivity index (χ2n) is 6.58. The zero-order valence-corrected chi connectivity index (χ0v) is 15.1. The Bertz CT molecular complexity index is 895. The topological polar surface area (TPSA) is 74.2 Å². The summed E-state index contributed by atoms with van der Waals surface area (Å²) < 4.78 is 14.8. The molecule has 0 radical (unpaired) electrons. The molecule has 2 aliphatic rings. The van der Waals surface area contributed by atoms with E-state index in [1.807, 2.05) is 0 Å². The maximum Gasteiger partial charge on any atom is 0.251 e. The molecule has 5 nitrogen and oxygen atoms in total. The molecule has 4 rings (SSSR count). The van der Waals surface area contributed by atoms with Crippen molar-refractivity contribution in [3.05, 3.63) is 57.5 Å². The number of carbonyl (C=O) groups excluding carboxylic acids is 1. The number of nitrogens with one attached hydrogen (secondary N) is 2. The van der Waals surface area contributed by atoms with Crippen molar-refractivity contribution in [3.8, 4) is 0 Å². The summed E-state index contributed by atoms with van der Waals surface area (Å²) in [7, 11) is 0. The number of carbonyl (C=O) groups is 1. The normalized spacial score (nSPS) is 27.0. The molecule has 3 heterocycles. The molecule has 26 heavy (non-hydrogen) atoms. The fraction of sp³-hybridized carbons (Fsp3) is 0.333. The van der Waals surface area contributed by atoms with Crippen molar-refractivity contribution in [1.29, 1.82) is 0 Å². The summed E-state index contributed by atoms with van der Waals surface area (Å²) in [5.74, 6) is -0.977. The number of aliphatic hydroxyl groups excluding tert-OH is 1. The van der Waals surface area contributed by atoms with Crippen molar-refractivity contribution in [2.24, 2.45) is 0 Å². The van der Waals surface area contributed by atoms with Crippen molar-refractivity contribution in [2.75, 3.05) is 11.9 Å². The molecule has 0 aliphatic carbocycles. The van der Waals surface area contributed by atoms with E-state index in [4.69, 9.17) is 23.2 Å². The van der Waals surface area contributed by atoms with Crippen LogP contribution >= 0.6 is 23.2 Å². The first-order valence-electron chi connectivity index (χ1n) is 8.28. The van der Waals surface area contributed by atoms with Gasteiger partial charge in [0.25, 0.3) is 5.91 Å². The van der Waals surface area contributed by atoms with E-state index in [-0.39, 0.29) is 28.7 Å². The van der Waals surface area contributed by atoms with Gasteiger partial charge in [0.1, 0.15) is 22.3 Å². The van der Waals surface area contributed by atoms with Crippen molar-refractivity contribution in [1.82, 2.24) is 10.3 Å². The van der Waals surface area contributed by atoms with E-state index in [0.717, 1.165) is 0 Å². The van der Waals surface area contributed by atoms with Gasteiger partial charge < -0.3 is 10.4 Å². The molecule has 1 amide bonds. The maximum atomic E-state index is 14.8. The number of anilines is 1. The minimum Gasteiger partial charge on any atom is -0.396 e. The maximum absolute atomic E-state index is 14.8. The Morgan fingerprint density at radius 3 is 2.88 bits per heavy atom. The second-order valence-corrected chi connectivity index (χ2v) is 7.37. The highest BCUT2D eigenvalue weighted by molar-refractivity contribution is 6.30. The van der Waals surface area contributed by atoms with E-state index in [1.54, 1.807) is 24.3 Å². The molecule has 1 aromatic heterocycles. The number of pyridine rings is 1. The highest BCUT2D eigenvalue weighted by Gasteiger charge is 2.58. The number of amides is 1. The fourth-order valence-electron chi connectivity index (χ4n) is 4.10. The second kappa shape index (κ2) is 6.46. The Kier molecular flexibility index (Phi) is 4.39. The van der Waals surface area contributed by atoms with Gasteiger partial charge in [0.05, 0.1) is 5.02 Å². The van der Waals surface area contributed by atoms with Crippen LogP contribution in [0.15, 0.2) is 30.3 Å². The van der Waals surface area contributed by atoms with Crippen molar-refractivity contribution in [3.63, 3.8) is 0 Å². The summed E-state index contributed by atoms with van der Waals surface area (Å²) in [6.45, 7) is -0.0359. The number of aromatic nitrogens is 1. The zero-order chi connectivity index (χ0) is 18.5.